The third-order valence-corrected chi connectivity index (χ3v) is 5.34. The highest BCUT2D eigenvalue weighted by atomic mass is 35.5. The minimum atomic E-state index is -0.424. The Hall–Kier alpha value is -1.92. The van der Waals surface area contributed by atoms with Gasteiger partial charge in [-0.1, -0.05) is 29.4 Å². The Morgan fingerprint density at radius 1 is 1.40 bits per heavy atom. The van der Waals surface area contributed by atoms with Crippen LogP contribution >= 0.6 is 12.4 Å². The van der Waals surface area contributed by atoms with Gasteiger partial charge in [0.15, 0.2) is 5.82 Å². The first-order valence-corrected chi connectivity index (χ1v) is 8.54. The maximum Gasteiger partial charge on any atom is 0.229 e. The van der Waals surface area contributed by atoms with Crippen molar-refractivity contribution in [2.45, 2.75) is 50.6 Å². The molecule has 1 fully saturated rings. The fraction of sp³-hybridized carbons (Fsp3) is 0.500. The first kappa shape index (κ1) is 17.9. The van der Waals surface area contributed by atoms with Crippen LogP contribution < -0.4 is 5.73 Å². The topological polar surface area (TPSA) is 85.2 Å². The molecule has 1 atom stereocenters. The minimum absolute atomic E-state index is 0. The number of benzene rings is 1. The third kappa shape index (κ3) is 3.16. The van der Waals surface area contributed by atoms with Crippen molar-refractivity contribution in [2.24, 2.45) is 5.73 Å². The number of hydrogen-bond acceptors (Lipinski definition) is 5. The summed E-state index contributed by atoms with van der Waals surface area (Å²) in [5.74, 6) is 1.22. The van der Waals surface area contributed by atoms with Crippen LogP contribution in [0.3, 0.4) is 0 Å². The van der Waals surface area contributed by atoms with Crippen LogP contribution in [-0.4, -0.2) is 27.5 Å². The lowest BCUT2D eigenvalue weighted by atomic mass is 9.77. The Balaban J connectivity index is 0.00000182. The molecule has 25 heavy (non-hydrogen) atoms. The van der Waals surface area contributed by atoms with Gasteiger partial charge in [-0.3, -0.25) is 4.79 Å². The Labute approximate surface area is 153 Å². The summed E-state index contributed by atoms with van der Waals surface area (Å²) < 4.78 is 5.45. The molecule has 7 heteroatoms. The highest BCUT2D eigenvalue weighted by molar-refractivity contribution is 5.85. The minimum Gasteiger partial charge on any atom is -0.339 e. The highest BCUT2D eigenvalue weighted by Crippen LogP contribution is 2.38. The number of amides is 1. The fourth-order valence-electron chi connectivity index (χ4n) is 3.74. The van der Waals surface area contributed by atoms with E-state index in [9.17, 15) is 4.79 Å². The summed E-state index contributed by atoms with van der Waals surface area (Å²) in [5.41, 5.74) is 8.31. The molecular weight excluding hydrogens is 340 g/mol. The van der Waals surface area contributed by atoms with Crippen LogP contribution in [0.5, 0.6) is 0 Å². The second kappa shape index (κ2) is 6.77. The average molecular weight is 363 g/mol. The maximum absolute atomic E-state index is 12.1. The van der Waals surface area contributed by atoms with Gasteiger partial charge in [0.1, 0.15) is 0 Å². The standard InChI is InChI=1S/C18H22N4O2.ClH/c1-12(23)22-10-7-13-5-2-3-6-14(13)15(22)11-16-20-17(21-24-16)18(19)8-4-9-18;/h2-3,5-6,15H,4,7-11,19H2,1H3;1H. The highest BCUT2D eigenvalue weighted by Gasteiger charge is 2.39. The van der Waals surface area contributed by atoms with E-state index in [1.807, 2.05) is 17.0 Å². The Morgan fingerprint density at radius 2 is 2.16 bits per heavy atom. The molecule has 1 aromatic carbocycles. The van der Waals surface area contributed by atoms with E-state index in [0.29, 0.717) is 18.1 Å². The lowest BCUT2D eigenvalue weighted by molar-refractivity contribution is -0.131. The molecular formula is C18H23ClN4O2. The second-order valence-electron chi connectivity index (χ2n) is 6.90. The predicted molar refractivity (Wildman–Crippen MR) is 95.2 cm³/mol. The molecule has 0 spiro atoms. The number of rotatable bonds is 3. The van der Waals surface area contributed by atoms with Crippen molar-refractivity contribution >= 4 is 18.3 Å². The summed E-state index contributed by atoms with van der Waals surface area (Å²) in [6, 6.07) is 8.21. The van der Waals surface area contributed by atoms with Gasteiger partial charge in [-0.15, -0.1) is 12.4 Å². The summed E-state index contributed by atoms with van der Waals surface area (Å²) in [4.78, 5) is 18.5. The molecule has 2 heterocycles. The molecule has 2 N–H and O–H groups in total. The van der Waals surface area contributed by atoms with Crippen LogP contribution in [0.2, 0.25) is 0 Å². The number of nitrogens with two attached hydrogens (primary N) is 1. The largest absolute Gasteiger partial charge is 0.339 e. The number of carbonyl (C=O) groups excluding carboxylic acids is 1. The van der Waals surface area contributed by atoms with E-state index < -0.39 is 5.54 Å². The average Bonchev–Trinajstić information content (AvgIpc) is 3.01. The molecule has 1 amide bonds. The van der Waals surface area contributed by atoms with Gasteiger partial charge in [0.2, 0.25) is 11.8 Å². The SMILES string of the molecule is CC(=O)N1CCc2ccccc2C1Cc1nc(C2(N)CCC2)no1.Cl. The Morgan fingerprint density at radius 3 is 2.84 bits per heavy atom. The first-order chi connectivity index (χ1) is 11.6. The summed E-state index contributed by atoms with van der Waals surface area (Å²) in [6.07, 6.45) is 4.32. The molecule has 1 aliphatic heterocycles. The van der Waals surface area contributed by atoms with Crippen LogP contribution in [0.1, 0.15) is 55.1 Å². The van der Waals surface area contributed by atoms with Crippen LogP contribution in [0.4, 0.5) is 0 Å². The van der Waals surface area contributed by atoms with Crippen LogP contribution in [0, 0.1) is 0 Å². The molecule has 1 unspecified atom stereocenters. The van der Waals surface area contributed by atoms with Gasteiger partial charge >= 0.3 is 0 Å². The maximum atomic E-state index is 12.1. The van der Waals surface area contributed by atoms with Crippen molar-refractivity contribution in [3.63, 3.8) is 0 Å². The molecule has 2 aromatic rings. The lowest BCUT2D eigenvalue weighted by Gasteiger charge is -2.36. The zero-order chi connectivity index (χ0) is 16.7. The summed E-state index contributed by atoms with van der Waals surface area (Å²) in [7, 11) is 0. The van der Waals surface area contributed by atoms with E-state index in [4.69, 9.17) is 10.3 Å². The molecule has 0 radical (unpaired) electrons. The smallest absolute Gasteiger partial charge is 0.229 e. The van der Waals surface area contributed by atoms with Gasteiger partial charge in [0.05, 0.1) is 18.0 Å². The molecule has 1 aliphatic carbocycles. The predicted octanol–water partition coefficient (Wildman–Crippen LogP) is 2.52. The van der Waals surface area contributed by atoms with Gasteiger partial charge in [-0.05, 0) is 36.8 Å². The molecule has 4 rings (SSSR count). The van der Waals surface area contributed by atoms with Gasteiger partial charge in [-0.25, -0.2) is 0 Å². The number of hydrogen-bond donors (Lipinski definition) is 1. The van der Waals surface area contributed by atoms with E-state index in [1.54, 1.807) is 6.92 Å². The second-order valence-corrected chi connectivity index (χ2v) is 6.90. The number of carbonyl (C=O) groups is 1. The van der Waals surface area contributed by atoms with E-state index >= 15 is 0 Å². The van der Waals surface area contributed by atoms with Crippen molar-refractivity contribution in [3.8, 4) is 0 Å². The van der Waals surface area contributed by atoms with E-state index in [2.05, 4.69) is 22.3 Å². The first-order valence-electron chi connectivity index (χ1n) is 8.54. The zero-order valence-electron chi connectivity index (χ0n) is 14.3. The molecule has 2 aliphatic rings. The van der Waals surface area contributed by atoms with Crippen molar-refractivity contribution in [3.05, 3.63) is 47.1 Å². The number of halogens is 1. The van der Waals surface area contributed by atoms with Crippen molar-refractivity contribution in [1.29, 1.82) is 0 Å². The summed E-state index contributed by atoms with van der Waals surface area (Å²) in [5, 5.41) is 4.09. The lowest BCUT2D eigenvalue weighted by Crippen LogP contribution is -2.44. The van der Waals surface area contributed by atoms with Crippen molar-refractivity contribution in [2.75, 3.05) is 6.54 Å². The molecule has 1 aromatic heterocycles. The third-order valence-electron chi connectivity index (χ3n) is 5.34. The van der Waals surface area contributed by atoms with Gasteiger partial charge in [0, 0.05) is 13.5 Å². The van der Waals surface area contributed by atoms with Gasteiger partial charge in [0.25, 0.3) is 0 Å². The summed E-state index contributed by atoms with van der Waals surface area (Å²) in [6.45, 7) is 2.34. The van der Waals surface area contributed by atoms with E-state index in [-0.39, 0.29) is 24.4 Å². The number of aromatic nitrogens is 2. The molecule has 6 nitrogen and oxygen atoms in total. The number of fused-ring (bicyclic) bond motifs is 1. The van der Waals surface area contributed by atoms with Crippen LogP contribution in [0.25, 0.3) is 0 Å². The summed E-state index contributed by atoms with van der Waals surface area (Å²) >= 11 is 0. The normalized spacial score (nSPS) is 21.0. The zero-order valence-corrected chi connectivity index (χ0v) is 15.1. The monoisotopic (exact) mass is 362 g/mol. The van der Waals surface area contributed by atoms with E-state index in [1.165, 1.54) is 11.1 Å². The molecule has 0 bridgehead atoms. The fourth-order valence-corrected chi connectivity index (χ4v) is 3.74. The van der Waals surface area contributed by atoms with Gasteiger partial charge < -0.3 is 15.2 Å². The molecule has 134 valence electrons. The Kier molecular flexibility index (Phi) is 4.84. The van der Waals surface area contributed by atoms with Crippen LogP contribution in [0.15, 0.2) is 28.8 Å². The Bertz CT molecular complexity index is 772. The van der Waals surface area contributed by atoms with Crippen molar-refractivity contribution in [1.82, 2.24) is 15.0 Å². The quantitative estimate of drug-likeness (QED) is 0.906. The van der Waals surface area contributed by atoms with Crippen molar-refractivity contribution < 1.29 is 9.32 Å². The van der Waals surface area contributed by atoms with Crippen LogP contribution in [-0.2, 0) is 23.2 Å². The molecule has 1 saturated carbocycles. The molecule has 0 saturated heterocycles. The van der Waals surface area contributed by atoms with Gasteiger partial charge in [-0.2, -0.15) is 4.98 Å². The number of nitrogens with zero attached hydrogens (tertiary/aromatic N) is 3. The van der Waals surface area contributed by atoms with E-state index in [0.717, 1.165) is 32.2 Å².